The highest BCUT2D eigenvalue weighted by atomic mass is 35.5. The standard InChI is InChI=1S/C27H32ClN7O/c1-18(2)30-16-24(19-4-6-21(28)7-5-19)27(36)35-12-10-34(11-13-35)25-22-8-9-29-26(22)31-15-23(25)20-14-32-33(3)17-20/h4-9,14-15,17-18,24,30H,10-13,16H2,1-3H3,(H,29,31). The maximum atomic E-state index is 13.7. The molecule has 9 heteroatoms. The zero-order valence-corrected chi connectivity index (χ0v) is 21.7. The van der Waals surface area contributed by atoms with Gasteiger partial charge >= 0.3 is 0 Å². The van der Waals surface area contributed by atoms with Crippen LogP contribution in [0.5, 0.6) is 0 Å². The van der Waals surface area contributed by atoms with E-state index in [-0.39, 0.29) is 11.8 Å². The molecule has 3 aromatic heterocycles. The molecule has 36 heavy (non-hydrogen) atoms. The summed E-state index contributed by atoms with van der Waals surface area (Å²) in [4.78, 5) is 25.9. The summed E-state index contributed by atoms with van der Waals surface area (Å²) in [6.07, 6.45) is 7.72. The largest absolute Gasteiger partial charge is 0.367 e. The normalized spacial score (nSPS) is 15.1. The number of aromatic amines is 1. The van der Waals surface area contributed by atoms with Crippen molar-refractivity contribution in [1.29, 1.82) is 0 Å². The van der Waals surface area contributed by atoms with Crippen LogP contribution in [0.25, 0.3) is 22.2 Å². The molecule has 0 spiro atoms. The predicted molar refractivity (Wildman–Crippen MR) is 144 cm³/mol. The third kappa shape index (κ3) is 4.96. The minimum Gasteiger partial charge on any atom is -0.367 e. The van der Waals surface area contributed by atoms with Gasteiger partial charge in [0.2, 0.25) is 5.91 Å². The van der Waals surface area contributed by atoms with Crippen molar-refractivity contribution < 1.29 is 4.79 Å². The predicted octanol–water partition coefficient (Wildman–Crippen LogP) is 4.05. The van der Waals surface area contributed by atoms with Crippen LogP contribution in [0.4, 0.5) is 5.69 Å². The number of hydrogen-bond donors (Lipinski definition) is 2. The number of halogens is 1. The first-order valence-electron chi connectivity index (χ1n) is 12.4. The molecule has 1 aliphatic rings. The molecule has 1 saturated heterocycles. The van der Waals surface area contributed by atoms with Gasteiger partial charge in [-0.05, 0) is 23.8 Å². The second kappa shape index (κ2) is 10.3. The molecule has 4 aromatic rings. The van der Waals surface area contributed by atoms with E-state index in [2.05, 4.69) is 45.2 Å². The molecule has 4 heterocycles. The SMILES string of the molecule is CC(C)NCC(C(=O)N1CCN(c2c(-c3cnn(C)c3)cnc3[nH]ccc23)CC1)c1ccc(Cl)cc1. The number of piperazine rings is 1. The molecule has 0 saturated carbocycles. The Morgan fingerprint density at radius 1 is 1.11 bits per heavy atom. The molecule has 8 nitrogen and oxygen atoms in total. The van der Waals surface area contributed by atoms with Crippen LogP contribution >= 0.6 is 11.6 Å². The molecule has 5 rings (SSSR count). The fourth-order valence-electron chi connectivity index (χ4n) is 4.87. The molecule has 1 unspecified atom stereocenters. The lowest BCUT2D eigenvalue weighted by Crippen LogP contribution is -2.51. The average molecular weight is 506 g/mol. The van der Waals surface area contributed by atoms with Gasteiger partial charge < -0.3 is 20.1 Å². The van der Waals surface area contributed by atoms with Crippen molar-refractivity contribution in [3.63, 3.8) is 0 Å². The van der Waals surface area contributed by atoms with Gasteiger partial charge in [-0.15, -0.1) is 0 Å². The Hall–Kier alpha value is -3.36. The number of H-pyrrole nitrogens is 1. The second-order valence-electron chi connectivity index (χ2n) is 9.64. The number of carbonyl (C=O) groups is 1. The number of hydrogen-bond acceptors (Lipinski definition) is 5. The minimum atomic E-state index is -0.250. The van der Waals surface area contributed by atoms with E-state index in [0.29, 0.717) is 30.7 Å². The van der Waals surface area contributed by atoms with Gasteiger partial charge in [-0.25, -0.2) is 4.98 Å². The summed E-state index contributed by atoms with van der Waals surface area (Å²) in [5.74, 6) is -0.0985. The van der Waals surface area contributed by atoms with Crippen LogP contribution in [-0.4, -0.2) is 69.3 Å². The minimum absolute atomic E-state index is 0.152. The number of carbonyl (C=O) groups excluding carboxylic acids is 1. The molecule has 1 atom stereocenters. The van der Waals surface area contributed by atoms with Crippen LogP contribution in [0.1, 0.15) is 25.3 Å². The van der Waals surface area contributed by atoms with Crippen LogP contribution in [-0.2, 0) is 11.8 Å². The Labute approximate surface area is 216 Å². The quantitative estimate of drug-likeness (QED) is 0.396. The van der Waals surface area contributed by atoms with Gasteiger partial charge in [0.1, 0.15) is 5.65 Å². The van der Waals surface area contributed by atoms with E-state index in [1.54, 1.807) is 4.68 Å². The Kier molecular flexibility index (Phi) is 6.98. The zero-order valence-electron chi connectivity index (χ0n) is 20.9. The van der Waals surface area contributed by atoms with Gasteiger partial charge in [0.05, 0.1) is 17.8 Å². The van der Waals surface area contributed by atoms with Gasteiger partial charge in [-0.1, -0.05) is 37.6 Å². The van der Waals surface area contributed by atoms with E-state index in [1.165, 1.54) is 0 Å². The van der Waals surface area contributed by atoms with Gasteiger partial charge in [0.25, 0.3) is 0 Å². The zero-order chi connectivity index (χ0) is 25.2. The monoisotopic (exact) mass is 505 g/mol. The highest BCUT2D eigenvalue weighted by Gasteiger charge is 2.30. The fraction of sp³-hybridized carbons (Fsp3) is 0.370. The van der Waals surface area contributed by atoms with E-state index >= 15 is 0 Å². The van der Waals surface area contributed by atoms with E-state index < -0.39 is 0 Å². The second-order valence-corrected chi connectivity index (χ2v) is 10.1. The van der Waals surface area contributed by atoms with Crippen molar-refractivity contribution in [2.75, 3.05) is 37.6 Å². The lowest BCUT2D eigenvalue weighted by molar-refractivity contribution is -0.133. The number of amides is 1. The maximum absolute atomic E-state index is 13.7. The Morgan fingerprint density at radius 2 is 1.86 bits per heavy atom. The number of anilines is 1. The topological polar surface area (TPSA) is 82.1 Å². The molecular formula is C27H32ClN7O. The van der Waals surface area contributed by atoms with Crippen LogP contribution in [0.3, 0.4) is 0 Å². The molecular weight excluding hydrogens is 474 g/mol. The van der Waals surface area contributed by atoms with E-state index in [4.69, 9.17) is 11.6 Å². The summed E-state index contributed by atoms with van der Waals surface area (Å²) in [5, 5.41) is 9.56. The lowest BCUT2D eigenvalue weighted by atomic mass is 9.96. The highest BCUT2D eigenvalue weighted by Crippen LogP contribution is 2.36. The Morgan fingerprint density at radius 3 is 2.53 bits per heavy atom. The van der Waals surface area contributed by atoms with Crippen molar-refractivity contribution in [2.24, 2.45) is 7.05 Å². The number of aryl methyl sites for hydroxylation is 1. The molecule has 1 amide bonds. The van der Waals surface area contributed by atoms with Crippen molar-refractivity contribution in [1.82, 2.24) is 30.0 Å². The van der Waals surface area contributed by atoms with Crippen molar-refractivity contribution in [3.8, 4) is 11.1 Å². The number of rotatable bonds is 7. The first kappa shape index (κ1) is 24.3. The maximum Gasteiger partial charge on any atom is 0.231 e. The van der Waals surface area contributed by atoms with Crippen molar-refractivity contribution >= 4 is 34.2 Å². The Bertz CT molecular complexity index is 1340. The molecule has 2 N–H and O–H groups in total. The van der Waals surface area contributed by atoms with E-state index in [0.717, 1.165) is 46.5 Å². The molecule has 188 valence electrons. The van der Waals surface area contributed by atoms with Crippen LogP contribution in [0.15, 0.2) is 55.1 Å². The molecule has 1 aromatic carbocycles. The lowest BCUT2D eigenvalue weighted by Gasteiger charge is -2.38. The van der Waals surface area contributed by atoms with Gasteiger partial charge in [-0.3, -0.25) is 9.48 Å². The van der Waals surface area contributed by atoms with Gasteiger partial charge in [0, 0.05) is 85.9 Å². The van der Waals surface area contributed by atoms with Crippen molar-refractivity contribution in [2.45, 2.75) is 25.8 Å². The smallest absolute Gasteiger partial charge is 0.231 e. The summed E-state index contributed by atoms with van der Waals surface area (Å²) in [6, 6.07) is 10.0. The van der Waals surface area contributed by atoms with E-state index in [9.17, 15) is 4.79 Å². The summed E-state index contributed by atoms with van der Waals surface area (Å²) < 4.78 is 1.80. The first-order valence-corrected chi connectivity index (χ1v) is 12.8. The number of benzene rings is 1. The van der Waals surface area contributed by atoms with Crippen molar-refractivity contribution in [3.05, 3.63) is 65.7 Å². The summed E-state index contributed by atoms with van der Waals surface area (Å²) in [5.41, 5.74) is 5.07. The Balaban J connectivity index is 1.37. The van der Waals surface area contributed by atoms with Crippen LogP contribution < -0.4 is 10.2 Å². The van der Waals surface area contributed by atoms with Gasteiger partial charge in [0.15, 0.2) is 0 Å². The van der Waals surface area contributed by atoms with Gasteiger partial charge in [-0.2, -0.15) is 5.10 Å². The summed E-state index contributed by atoms with van der Waals surface area (Å²) >= 11 is 6.11. The summed E-state index contributed by atoms with van der Waals surface area (Å²) in [6.45, 7) is 7.59. The molecule has 0 bridgehead atoms. The van der Waals surface area contributed by atoms with Crippen LogP contribution in [0, 0.1) is 0 Å². The third-order valence-electron chi connectivity index (χ3n) is 6.78. The van der Waals surface area contributed by atoms with Crippen LogP contribution in [0.2, 0.25) is 5.02 Å². The number of fused-ring (bicyclic) bond motifs is 1. The summed E-state index contributed by atoms with van der Waals surface area (Å²) in [7, 11) is 1.92. The molecule has 0 radical (unpaired) electrons. The molecule has 1 fully saturated rings. The number of aromatic nitrogens is 4. The van der Waals surface area contributed by atoms with E-state index in [1.807, 2.05) is 61.0 Å². The average Bonchev–Trinajstić information content (AvgIpc) is 3.53. The third-order valence-corrected chi connectivity index (χ3v) is 7.03. The number of nitrogens with one attached hydrogen (secondary N) is 2. The molecule has 0 aliphatic carbocycles. The number of pyridine rings is 1. The first-order chi connectivity index (χ1) is 17.4. The molecule has 1 aliphatic heterocycles. The highest BCUT2D eigenvalue weighted by molar-refractivity contribution is 6.30. The fourth-order valence-corrected chi connectivity index (χ4v) is 5.00. The number of nitrogens with zero attached hydrogens (tertiary/aromatic N) is 5.